The first kappa shape index (κ1) is 31.8. The normalized spacial score (nSPS) is 17.6. The first-order chi connectivity index (χ1) is 21.4. The Labute approximate surface area is 262 Å². The molecule has 2 heterocycles. The molecule has 1 aliphatic heterocycles. The van der Waals surface area contributed by atoms with Crippen LogP contribution in [0.4, 0.5) is 16.2 Å². The van der Waals surface area contributed by atoms with E-state index in [1.54, 1.807) is 18.9 Å². The van der Waals surface area contributed by atoms with Crippen molar-refractivity contribution in [2.45, 2.75) is 44.7 Å². The minimum Gasteiger partial charge on any atom is -0.487 e. The molecule has 238 valence electrons. The zero-order valence-corrected chi connectivity index (χ0v) is 26.6. The number of likely N-dealkylation sites (N-methyl/N-ethyl adjacent to an activating group) is 1. The number of fused-ring (bicyclic) bond motifs is 2. The Kier molecular flexibility index (Phi) is 9.03. The lowest BCUT2D eigenvalue weighted by atomic mass is 9.99. The topological polar surface area (TPSA) is 154 Å². The molecule has 4 aromatic rings. The Bertz CT molecular complexity index is 1820. The molecular weight excluding hydrogens is 598 g/mol. The van der Waals surface area contributed by atoms with Crippen molar-refractivity contribution >= 4 is 44.1 Å². The molecule has 0 radical (unpaired) electrons. The Hall–Kier alpha value is -4.62. The third-order valence-corrected chi connectivity index (χ3v) is 9.61. The summed E-state index contributed by atoms with van der Waals surface area (Å²) in [7, 11) is -2.41. The van der Waals surface area contributed by atoms with Crippen molar-refractivity contribution < 1.29 is 32.4 Å². The fraction of sp³-hybridized carbons (Fsp3) is 0.344. The van der Waals surface area contributed by atoms with E-state index in [1.165, 1.54) is 36.9 Å². The molecule has 3 atom stereocenters. The van der Waals surface area contributed by atoms with Gasteiger partial charge >= 0.3 is 6.03 Å². The number of rotatable bonds is 8. The van der Waals surface area contributed by atoms with Gasteiger partial charge < -0.3 is 29.5 Å². The molecule has 5 rings (SSSR count). The van der Waals surface area contributed by atoms with Crippen LogP contribution in [-0.4, -0.2) is 79.3 Å². The molecule has 3 aromatic carbocycles. The number of sulfonamides is 1. The van der Waals surface area contributed by atoms with E-state index in [-0.39, 0.29) is 65.0 Å². The standard InChI is InChI=1S/C32H37N5O7S/c1-19-16-37(20(2)18-38)31(39)26-15-24(35-45(41,42)30-21(3)34-44-22(30)4)13-14-28(26)43-29(19)17-36(5)32(40)33-27-12-8-10-23-9-6-7-11-25(23)27/h6-15,19-20,29,35,38H,16-18H2,1-5H3,(H,33,40)/t19-,20+,29-/m0/s1. The smallest absolute Gasteiger partial charge is 0.321 e. The molecule has 13 heteroatoms. The van der Waals surface area contributed by atoms with E-state index in [9.17, 15) is 23.1 Å². The number of aromatic nitrogens is 1. The van der Waals surface area contributed by atoms with Crippen LogP contribution < -0.4 is 14.8 Å². The number of ether oxygens (including phenoxy) is 1. The summed E-state index contributed by atoms with van der Waals surface area (Å²) in [5, 5.41) is 18.6. The van der Waals surface area contributed by atoms with Crippen molar-refractivity contribution in [2.24, 2.45) is 5.92 Å². The van der Waals surface area contributed by atoms with Gasteiger partial charge in [-0.3, -0.25) is 9.52 Å². The van der Waals surface area contributed by atoms with Gasteiger partial charge in [-0.15, -0.1) is 0 Å². The minimum absolute atomic E-state index is 0.0777. The van der Waals surface area contributed by atoms with Crippen LogP contribution >= 0.6 is 0 Å². The predicted octanol–water partition coefficient (Wildman–Crippen LogP) is 4.63. The third kappa shape index (κ3) is 6.59. The van der Waals surface area contributed by atoms with Gasteiger partial charge in [0.25, 0.3) is 15.9 Å². The van der Waals surface area contributed by atoms with Crippen LogP contribution in [0.2, 0.25) is 0 Å². The van der Waals surface area contributed by atoms with Crippen molar-refractivity contribution in [3.8, 4) is 5.75 Å². The van der Waals surface area contributed by atoms with Gasteiger partial charge in [0.2, 0.25) is 0 Å². The number of hydrogen-bond acceptors (Lipinski definition) is 8. The average Bonchev–Trinajstić information content (AvgIpc) is 3.37. The van der Waals surface area contributed by atoms with Gasteiger partial charge in [-0.1, -0.05) is 48.5 Å². The summed E-state index contributed by atoms with van der Waals surface area (Å²) in [4.78, 5) is 30.1. The van der Waals surface area contributed by atoms with Crippen LogP contribution in [0.5, 0.6) is 5.75 Å². The maximum Gasteiger partial charge on any atom is 0.321 e. The van der Waals surface area contributed by atoms with Crippen LogP contribution in [-0.2, 0) is 10.0 Å². The number of nitrogens with one attached hydrogen (secondary N) is 2. The van der Waals surface area contributed by atoms with Gasteiger partial charge in [-0.25, -0.2) is 13.2 Å². The molecule has 0 saturated heterocycles. The third-order valence-electron chi connectivity index (χ3n) is 7.99. The van der Waals surface area contributed by atoms with Gasteiger partial charge in [0.1, 0.15) is 17.5 Å². The second kappa shape index (κ2) is 12.8. The summed E-state index contributed by atoms with van der Waals surface area (Å²) < 4.78 is 40.2. The number of anilines is 2. The van der Waals surface area contributed by atoms with E-state index in [0.717, 1.165) is 10.8 Å². The van der Waals surface area contributed by atoms with Crippen molar-refractivity contribution in [3.05, 3.63) is 77.7 Å². The molecule has 0 saturated carbocycles. The van der Waals surface area contributed by atoms with E-state index in [1.807, 2.05) is 49.4 Å². The number of aryl methyl sites for hydroxylation is 2. The van der Waals surface area contributed by atoms with Gasteiger partial charge in [0, 0.05) is 30.6 Å². The zero-order valence-electron chi connectivity index (χ0n) is 25.8. The minimum atomic E-state index is -4.07. The number of benzene rings is 3. The van der Waals surface area contributed by atoms with Crippen molar-refractivity contribution in [3.63, 3.8) is 0 Å². The maximum absolute atomic E-state index is 13.8. The monoisotopic (exact) mass is 635 g/mol. The van der Waals surface area contributed by atoms with Crippen LogP contribution in [0, 0.1) is 19.8 Å². The maximum atomic E-state index is 13.8. The Morgan fingerprint density at radius 2 is 1.89 bits per heavy atom. The number of amides is 3. The summed E-state index contributed by atoms with van der Waals surface area (Å²) in [6.07, 6.45) is -0.543. The summed E-state index contributed by atoms with van der Waals surface area (Å²) in [6.45, 7) is 6.83. The Morgan fingerprint density at radius 1 is 1.16 bits per heavy atom. The molecule has 0 aliphatic carbocycles. The number of carbonyl (C=O) groups is 2. The SMILES string of the molecule is Cc1noc(C)c1S(=O)(=O)Nc1ccc2c(c1)C(=O)N([C@H](C)CO)C[C@H](C)[C@H](CN(C)C(=O)Nc1cccc3ccccc13)O2. The Morgan fingerprint density at radius 3 is 2.60 bits per heavy atom. The fourth-order valence-electron chi connectivity index (χ4n) is 5.47. The van der Waals surface area contributed by atoms with Crippen molar-refractivity contribution in [2.75, 3.05) is 36.8 Å². The van der Waals surface area contributed by atoms with Crippen LogP contribution in [0.1, 0.15) is 35.7 Å². The van der Waals surface area contributed by atoms with Crippen LogP contribution in [0.3, 0.4) is 0 Å². The van der Waals surface area contributed by atoms with E-state index < -0.39 is 28.1 Å². The molecule has 1 aliphatic rings. The number of nitrogens with zero attached hydrogens (tertiary/aromatic N) is 3. The summed E-state index contributed by atoms with van der Waals surface area (Å²) in [6, 6.07) is 17.1. The largest absolute Gasteiger partial charge is 0.487 e. The molecule has 45 heavy (non-hydrogen) atoms. The molecule has 3 amide bonds. The summed E-state index contributed by atoms with van der Waals surface area (Å²) >= 11 is 0. The van der Waals surface area contributed by atoms with Crippen molar-refractivity contribution in [1.82, 2.24) is 15.0 Å². The van der Waals surface area contributed by atoms with Gasteiger partial charge in [-0.2, -0.15) is 0 Å². The Balaban J connectivity index is 1.42. The number of hydrogen-bond donors (Lipinski definition) is 3. The highest BCUT2D eigenvalue weighted by Gasteiger charge is 2.34. The molecule has 12 nitrogen and oxygen atoms in total. The molecule has 0 unspecified atom stereocenters. The second-order valence-electron chi connectivity index (χ2n) is 11.4. The average molecular weight is 636 g/mol. The first-order valence-electron chi connectivity index (χ1n) is 14.6. The zero-order chi connectivity index (χ0) is 32.5. The lowest BCUT2D eigenvalue weighted by Crippen LogP contribution is -2.50. The highest BCUT2D eigenvalue weighted by molar-refractivity contribution is 7.92. The number of urea groups is 1. The highest BCUT2D eigenvalue weighted by atomic mass is 32.2. The molecular formula is C32H37N5O7S. The van der Waals surface area contributed by atoms with E-state index >= 15 is 0 Å². The predicted molar refractivity (Wildman–Crippen MR) is 170 cm³/mol. The molecule has 1 aromatic heterocycles. The highest BCUT2D eigenvalue weighted by Crippen LogP contribution is 2.32. The molecule has 3 N–H and O–H groups in total. The number of carbonyl (C=O) groups excluding carboxylic acids is 2. The molecule has 0 fully saturated rings. The lowest BCUT2D eigenvalue weighted by Gasteiger charge is -2.38. The van der Waals surface area contributed by atoms with Crippen LogP contribution in [0.15, 0.2) is 70.1 Å². The fourth-order valence-corrected chi connectivity index (χ4v) is 6.85. The number of aliphatic hydroxyl groups excluding tert-OH is 1. The van der Waals surface area contributed by atoms with Gasteiger partial charge in [0.05, 0.1) is 30.4 Å². The lowest BCUT2D eigenvalue weighted by molar-refractivity contribution is 0.0371. The molecule has 0 spiro atoms. The molecule has 0 bridgehead atoms. The van der Waals surface area contributed by atoms with Crippen molar-refractivity contribution in [1.29, 1.82) is 0 Å². The van der Waals surface area contributed by atoms with Gasteiger partial charge in [-0.05, 0) is 50.4 Å². The van der Waals surface area contributed by atoms with E-state index in [2.05, 4.69) is 15.2 Å². The van der Waals surface area contributed by atoms with Crippen LogP contribution in [0.25, 0.3) is 10.8 Å². The van der Waals surface area contributed by atoms with E-state index in [0.29, 0.717) is 5.69 Å². The van der Waals surface area contributed by atoms with Gasteiger partial charge in [0.15, 0.2) is 10.7 Å². The first-order valence-corrected chi connectivity index (χ1v) is 16.1. The summed E-state index contributed by atoms with van der Waals surface area (Å²) in [5.41, 5.74) is 1.15. The van der Waals surface area contributed by atoms with E-state index in [4.69, 9.17) is 9.26 Å². The number of aliphatic hydroxyl groups is 1. The summed E-state index contributed by atoms with van der Waals surface area (Å²) in [5.74, 6) is -0.284. The quantitative estimate of drug-likeness (QED) is 0.253. The second-order valence-corrected chi connectivity index (χ2v) is 13.0.